The fourth-order valence-electron chi connectivity index (χ4n) is 2.17. The van der Waals surface area contributed by atoms with E-state index in [1.807, 2.05) is 12.1 Å². The van der Waals surface area contributed by atoms with Crippen molar-refractivity contribution < 1.29 is 9.84 Å². The number of nitriles is 1. The van der Waals surface area contributed by atoms with E-state index in [9.17, 15) is 0 Å². The average Bonchev–Trinajstić information content (AvgIpc) is 2.45. The third-order valence-corrected chi connectivity index (χ3v) is 3.34. The molecule has 0 saturated carbocycles. The fourth-order valence-corrected chi connectivity index (χ4v) is 2.17. The normalized spacial score (nSPS) is 11.2. The van der Waals surface area contributed by atoms with Crippen molar-refractivity contribution in [2.75, 3.05) is 20.3 Å². The zero-order chi connectivity index (χ0) is 15.0. The van der Waals surface area contributed by atoms with Crippen molar-refractivity contribution in [1.82, 2.24) is 5.32 Å². The van der Waals surface area contributed by atoms with Gasteiger partial charge in [-0.25, -0.2) is 0 Å². The number of methoxy groups -OCH3 is 1. The Morgan fingerprint density at radius 1 is 1.40 bits per heavy atom. The van der Waals surface area contributed by atoms with Crippen LogP contribution in [-0.2, 0) is 6.54 Å². The van der Waals surface area contributed by atoms with Crippen LogP contribution >= 0.6 is 0 Å². The van der Waals surface area contributed by atoms with E-state index >= 15 is 0 Å². The number of aliphatic hydroxyl groups is 1. The molecule has 0 aromatic heterocycles. The van der Waals surface area contributed by atoms with Crippen LogP contribution in [0, 0.1) is 16.7 Å². The lowest BCUT2D eigenvalue weighted by atomic mass is 9.88. The van der Waals surface area contributed by atoms with Crippen molar-refractivity contribution >= 4 is 0 Å². The molecule has 0 radical (unpaired) electrons. The van der Waals surface area contributed by atoms with E-state index in [2.05, 4.69) is 25.2 Å². The van der Waals surface area contributed by atoms with E-state index in [0.29, 0.717) is 12.1 Å². The van der Waals surface area contributed by atoms with E-state index < -0.39 is 0 Å². The highest BCUT2D eigenvalue weighted by Gasteiger charge is 2.17. The number of ether oxygens (including phenoxy) is 1. The van der Waals surface area contributed by atoms with Gasteiger partial charge in [0.05, 0.1) is 18.7 Å². The van der Waals surface area contributed by atoms with E-state index in [1.54, 1.807) is 13.2 Å². The third kappa shape index (κ3) is 5.20. The molecule has 0 aliphatic heterocycles. The summed E-state index contributed by atoms with van der Waals surface area (Å²) in [5.41, 5.74) is 1.77. The summed E-state index contributed by atoms with van der Waals surface area (Å²) < 4.78 is 5.31. The van der Waals surface area contributed by atoms with Crippen LogP contribution in [0.4, 0.5) is 0 Å². The van der Waals surface area contributed by atoms with Gasteiger partial charge in [-0.15, -0.1) is 0 Å². The van der Waals surface area contributed by atoms with Gasteiger partial charge in [-0.3, -0.25) is 0 Å². The van der Waals surface area contributed by atoms with Gasteiger partial charge in [0.2, 0.25) is 0 Å². The van der Waals surface area contributed by atoms with Crippen LogP contribution in [-0.4, -0.2) is 25.4 Å². The molecule has 0 heterocycles. The number of hydrogen-bond acceptors (Lipinski definition) is 4. The maximum Gasteiger partial charge on any atom is 0.123 e. The third-order valence-electron chi connectivity index (χ3n) is 3.34. The maximum absolute atomic E-state index is 8.94. The molecule has 0 bridgehead atoms. The van der Waals surface area contributed by atoms with E-state index in [1.165, 1.54) is 0 Å². The Kier molecular flexibility index (Phi) is 6.50. The molecule has 0 amide bonds. The van der Waals surface area contributed by atoms with E-state index in [0.717, 1.165) is 30.7 Å². The Labute approximate surface area is 121 Å². The van der Waals surface area contributed by atoms with E-state index in [-0.39, 0.29) is 12.0 Å². The minimum absolute atomic E-state index is 0.142. The highest BCUT2D eigenvalue weighted by atomic mass is 16.5. The summed E-state index contributed by atoms with van der Waals surface area (Å²) in [6.45, 7) is 6.12. The summed E-state index contributed by atoms with van der Waals surface area (Å²) in [7, 11) is 1.63. The van der Waals surface area contributed by atoms with Crippen molar-refractivity contribution in [3.63, 3.8) is 0 Å². The van der Waals surface area contributed by atoms with Crippen LogP contribution in [0.1, 0.15) is 37.8 Å². The molecule has 1 aromatic carbocycles. The summed E-state index contributed by atoms with van der Waals surface area (Å²) in [5, 5.41) is 21.2. The second-order valence-electron chi connectivity index (χ2n) is 5.73. The number of aliphatic hydroxyl groups excluding tert-OH is 1. The molecule has 0 saturated heterocycles. The average molecular weight is 276 g/mol. The molecule has 0 atom stereocenters. The molecule has 0 aliphatic carbocycles. The van der Waals surface area contributed by atoms with Gasteiger partial charge >= 0.3 is 0 Å². The van der Waals surface area contributed by atoms with Gasteiger partial charge in [0.15, 0.2) is 0 Å². The van der Waals surface area contributed by atoms with Gasteiger partial charge in [-0.2, -0.15) is 5.26 Å². The van der Waals surface area contributed by atoms with E-state index in [4.69, 9.17) is 15.1 Å². The molecule has 20 heavy (non-hydrogen) atoms. The van der Waals surface area contributed by atoms with Crippen LogP contribution in [0.3, 0.4) is 0 Å². The van der Waals surface area contributed by atoms with Gasteiger partial charge in [0.25, 0.3) is 0 Å². The minimum atomic E-state index is 0.142. The molecule has 0 fully saturated rings. The molecule has 4 nitrogen and oxygen atoms in total. The number of nitrogens with one attached hydrogen (secondary N) is 1. The van der Waals surface area contributed by atoms with Crippen molar-refractivity contribution in [2.45, 2.75) is 33.2 Å². The summed E-state index contributed by atoms with van der Waals surface area (Å²) in [4.78, 5) is 0. The van der Waals surface area contributed by atoms with Crippen LogP contribution in [0.25, 0.3) is 0 Å². The Hall–Kier alpha value is -1.57. The molecule has 0 unspecified atom stereocenters. The molecular formula is C16H24N2O2. The lowest BCUT2D eigenvalue weighted by Gasteiger charge is -2.25. The first-order valence-corrected chi connectivity index (χ1v) is 6.91. The Morgan fingerprint density at radius 2 is 2.15 bits per heavy atom. The first-order valence-electron chi connectivity index (χ1n) is 6.91. The SMILES string of the molecule is COc1ccc(C#N)cc1CNCC(C)(C)CCCO. The molecular weight excluding hydrogens is 252 g/mol. The molecule has 110 valence electrons. The maximum atomic E-state index is 8.94. The molecule has 0 spiro atoms. The quantitative estimate of drug-likeness (QED) is 0.765. The molecule has 2 N–H and O–H groups in total. The monoisotopic (exact) mass is 276 g/mol. The Bertz CT molecular complexity index is 464. The summed E-state index contributed by atoms with van der Waals surface area (Å²) in [6.07, 6.45) is 1.80. The number of hydrogen-bond donors (Lipinski definition) is 2. The van der Waals surface area contributed by atoms with Crippen molar-refractivity contribution in [2.24, 2.45) is 5.41 Å². The Morgan fingerprint density at radius 3 is 2.75 bits per heavy atom. The second-order valence-corrected chi connectivity index (χ2v) is 5.73. The smallest absolute Gasteiger partial charge is 0.123 e. The van der Waals surface area contributed by atoms with Gasteiger partial charge in [0.1, 0.15) is 5.75 Å². The molecule has 0 aliphatic rings. The molecule has 4 heteroatoms. The van der Waals surface area contributed by atoms with Crippen LogP contribution in [0.15, 0.2) is 18.2 Å². The topological polar surface area (TPSA) is 65.3 Å². The number of nitrogens with zero attached hydrogens (tertiary/aromatic N) is 1. The fraction of sp³-hybridized carbons (Fsp3) is 0.562. The Balaban J connectivity index is 2.59. The first kappa shape index (κ1) is 16.5. The van der Waals surface area contributed by atoms with Crippen LogP contribution in [0.5, 0.6) is 5.75 Å². The van der Waals surface area contributed by atoms with Crippen LogP contribution < -0.4 is 10.1 Å². The van der Waals surface area contributed by atoms with Crippen molar-refractivity contribution in [3.05, 3.63) is 29.3 Å². The number of benzene rings is 1. The van der Waals surface area contributed by atoms with Gasteiger partial charge in [-0.1, -0.05) is 13.8 Å². The summed E-state index contributed by atoms with van der Waals surface area (Å²) in [6, 6.07) is 7.58. The zero-order valence-electron chi connectivity index (χ0n) is 12.6. The van der Waals surface area contributed by atoms with Crippen molar-refractivity contribution in [3.8, 4) is 11.8 Å². The number of rotatable bonds is 8. The predicted octanol–water partition coefficient (Wildman–Crippen LogP) is 2.46. The standard InChI is InChI=1S/C16H24N2O2/c1-16(2,7-4-8-19)12-18-11-14-9-13(10-17)5-6-15(14)20-3/h5-6,9,18-19H,4,7-8,11-12H2,1-3H3. The van der Waals surface area contributed by atoms with Gasteiger partial charge < -0.3 is 15.2 Å². The summed E-state index contributed by atoms with van der Waals surface area (Å²) >= 11 is 0. The predicted molar refractivity (Wildman–Crippen MR) is 79.5 cm³/mol. The van der Waals surface area contributed by atoms with Crippen molar-refractivity contribution in [1.29, 1.82) is 5.26 Å². The lowest BCUT2D eigenvalue weighted by molar-refractivity contribution is 0.236. The lowest BCUT2D eigenvalue weighted by Crippen LogP contribution is -2.29. The summed E-state index contributed by atoms with van der Waals surface area (Å²) in [5.74, 6) is 0.796. The zero-order valence-corrected chi connectivity index (χ0v) is 12.6. The van der Waals surface area contributed by atoms with Crippen LogP contribution in [0.2, 0.25) is 0 Å². The highest BCUT2D eigenvalue weighted by Crippen LogP contribution is 2.22. The molecule has 1 rings (SSSR count). The van der Waals surface area contributed by atoms with Gasteiger partial charge in [-0.05, 0) is 36.5 Å². The highest BCUT2D eigenvalue weighted by molar-refractivity contribution is 5.41. The van der Waals surface area contributed by atoms with Gasteiger partial charge in [0, 0.05) is 25.3 Å². The molecule has 1 aromatic rings. The second kappa shape index (κ2) is 7.88. The minimum Gasteiger partial charge on any atom is -0.496 e. The largest absolute Gasteiger partial charge is 0.496 e. The first-order chi connectivity index (χ1) is 9.52.